The van der Waals surface area contributed by atoms with E-state index in [0.29, 0.717) is 11.8 Å². The van der Waals surface area contributed by atoms with E-state index in [-0.39, 0.29) is 5.92 Å². The molecule has 0 spiro atoms. The third-order valence-electron chi connectivity index (χ3n) is 5.66. The second kappa shape index (κ2) is 8.14. The summed E-state index contributed by atoms with van der Waals surface area (Å²) < 4.78 is 0. The van der Waals surface area contributed by atoms with Gasteiger partial charge in [0.15, 0.2) is 0 Å². The van der Waals surface area contributed by atoms with Crippen LogP contribution in [0.3, 0.4) is 0 Å². The van der Waals surface area contributed by atoms with E-state index in [1.807, 2.05) is 0 Å². The molecular formula is C19H32N2O. The third-order valence-corrected chi connectivity index (χ3v) is 5.66. The fourth-order valence-corrected chi connectivity index (χ4v) is 4.37. The molecule has 1 amide bonds. The van der Waals surface area contributed by atoms with E-state index in [2.05, 4.69) is 22.0 Å². The Morgan fingerprint density at radius 2 is 1.77 bits per heavy atom. The van der Waals surface area contributed by atoms with E-state index >= 15 is 0 Å². The smallest absolute Gasteiger partial charge is 0.226 e. The molecule has 0 radical (unpaired) electrons. The van der Waals surface area contributed by atoms with Crippen LogP contribution in [0.2, 0.25) is 0 Å². The first-order chi connectivity index (χ1) is 10.8. The number of nitrogens with zero attached hydrogens (tertiary/aromatic N) is 2. The summed E-state index contributed by atoms with van der Waals surface area (Å²) in [7, 11) is 0. The maximum Gasteiger partial charge on any atom is 0.226 e. The van der Waals surface area contributed by atoms with Crippen LogP contribution in [0.1, 0.15) is 57.8 Å². The fraction of sp³-hybridized carbons (Fsp3) is 0.842. The topological polar surface area (TPSA) is 23.6 Å². The predicted molar refractivity (Wildman–Crippen MR) is 90.7 cm³/mol. The zero-order chi connectivity index (χ0) is 15.2. The zero-order valence-electron chi connectivity index (χ0n) is 14.0. The van der Waals surface area contributed by atoms with Crippen molar-refractivity contribution in [2.45, 2.75) is 57.8 Å². The van der Waals surface area contributed by atoms with Crippen molar-refractivity contribution in [3.8, 4) is 0 Å². The minimum absolute atomic E-state index is 0.266. The van der Waals surface area contributed by atoms with Gasteiger partial charge < -0.3 is 9.80 Å². The van der Waals surface area contributed by atoms with Gasteiger partial charge >= 0.3 is 0 Å². The number of amides is 1. The van der Waals surface area contributed by atoms with E-state index < -0.39 is 0 Å². The SMILES string of the molecule is O=C([C@H]1CC=CCC1)N1CCC[C@H](CN2CCCCCC2)C1. The molecule has 2 atom stereocenters. The Labute approximate surface area is 135 Å². The molecule has 0 bridgehead atoms. The van der Waals surface area contributed by atoms with Crippen molar-refractivity contribution in [3.05, 3.63) is 12.2 Å². The number of hydrogen-bond donors (Lipinski definition) is 0. The van der Waals surface area contributed by atoms with Gasteiger partial charge in [0.1, 0.15) is 0 Å². The summed E-state index contributed by atoms with van der Waals surface area (Å²) >= 11 is 0. The van der Waals surface area contributed by atoms with Crippen LogP contribution in [0, 0.1) is 11.8 Å². The van der Waals surface area contributed by atoms with Crippen LogP contribution in [-0.2, 0) is 4.79 Å². The summed E-state index contributed by atoms with van der Waals surface area (Å²) in [4.78, 5) is 17.6. The Balaban J connectivity index is 1.50. The molecule has 2 saturated heterocycles. The maximum absolute atomic E-state index is 12.7. The summed E-state index contributed by atoms with van der Waals surface area (Å²) in [5.74, 6) is 1.40. The monoisotopic (exact) mass is 304 g/mol. The minimum Gasteiger partial charge on any atom is -0.342 e. The average Bonchev–Trinajstić information content (AvgIpc) is 2.84. The molecule has 0 aromatic rings. The number of likely N-dealkylation sites (tertiary alicyclic amines) is 2. The van der Waals surface area contributed by atoms with Gasteiger partial charge in [0, 0.05) is 25.6 Å². The van der Waals surface area contributed by atoms with Crippen molar-refractivity contribution < 1.29 is 4.79 Å². The molecule has 3 aliphatic rings. The summed E-state index contributed by atoms with van der Waals surface area (Å²) in [5, 5.41) is 0. The lowest BCUT2D eigenvalue weighted by Gasteiger charge is -2.37. The Hall–Kier alpha value is -0.830. The van der Waals surface area contributed by atoms with Crippen molar-refractivity contribution in [2.24, 2.45) is 11.8 Å². The molecule has 0 unspecified atom stereocenters. The zero-order valence-corrected chi connectivity index (χ0v) is 14.0. The number of allylic oxidation sites excluding steroid dienone is 2. The van der Waals surface area contributed by atoms with Crippen LogP contribution in [0.4, 0.5) is 0 Å². The van der Waals surface area contributed by atoms with Crippen LogP contribution in [0.15, 0.2) is 12.2 Å². The summed E-state index contributed by atoms with van der Waals surface area (Å²) in [6.45, 7) is 5.77. The van der Waals surface area contributed by atoms with Crippen LogP contribution < -0.4 is 0 Å². The Bertz CT molecular complexity index is 385. The van der Waals surface area contributed by atoms with Gasteiger partial charge in [-0.15, -0.1) is 0 Å². The maximum atomic E-state index is 12.7. The lowest BCUT2D eigenvalue weighted by Crippen LogP contribution is -2.46. The van der Waals surface area contributed by atoms with Crippen molar-refractivity contribution in [3.63, 3.8) is 0 Å². The van der Waals surface area contributed by atoms with Gasteiger partial charge in [0.2, 0.25) is 5.91 Å². The largest absolute Gasteiger partial charge is 0.342 e. The Morgan fingerprint density at radius 1 is 0.955 bits per heavy atom. The van der Waals surface area contributed by atoms with Crippen molar-refractivity contribution in [1.29, 1.82) is 0 Å². The molecule has 0 aromatic heterocycles. The van der Waals surface area contributed by atoms with Crippen molar-refractivity contribution in [1.82, 2.24) is 9.80 Å². The molecule has 124 valence electrons. The van der Waals surface area contributed by atoms with Gasteiger partial charge in [-0.2, -0.15) is 0 Å². The highest BCUT2D eigenvalue weighted by molar-refractivity contribution is 5.79. The quantitative estimate of drug-likeness (QED) is 0.746. The first-order valence-electron chi connectivity index (χ1n) is 9.49. The van der Waals surface area contributed by atoms with Crippen LogP contribution >= 0.6 is 0 Å². The van der Waals surface area contributed by atoms with E-state index in [9.17, 15) is 4.79 Å². The van der Waals surface area contributed by atoms with Gasteiger partial charge in [-0.25, -0.2) is 0 Å². The Morgan fingerprint density at radius 3 is 2.50 bits per heavy atom. The van der Waals surface area contributed by atoms with Crippen LogP contribution in [0.5, 0.6) is 0 Å². The highest BCUT2D eigenvalue weighted by Gasteiger charge is 2.29. The average molecular weight is 304 g/mol. The molecule has 0 saturated carbocycles. The molecular weight excluding hydrogens is 272 g/mol. The molecule has 22 heavy (non-hydrogen) atoms. The highest BCUT2D eigenvalue weighted by atomic mass is 16.2. The highest BCUT2D eigenvalue weighted by Crippen LogP contribution is 2.25. The van der Waals surface area contributed by atoms with Crippen molar-refractivity contribution >= 4 is 5.91 Å². The van der Waals surface area contributed by atoms with Gasteiger partial charge in [0.25, 0.3) is 0 Å². The van der Waals surface area contributed by atoms with Gasteiger partial charge in [-0.3, -0.25) is 4.79 Å². The van der Waals surface area contributed by atoms with Gasteiger partial charge in [-0.05, 0) is 64.0 Å². The lowest BCUT2D eigenvalue weighted by molar-refractivity contribution is -0.137. The number of carbonyl (C=O) groups is 1. The molecule has 3 heteroatoms. The fourth-order valence-electron chi connectivity index (χ4n) is 4.37. The molecule has 2 aliphatic heterocycles. The summed E-state index contributed by atoms with van der Waals surface area (Å²) in [6.07, 6.45) is 15.6. The van der Waals surface area contributed by atoms with Crippen molar-refractivity contribution in [2.75, 3.05) is 32.7 Å². The van der Waals surface area contributed by atoms with E-state index in [1.165, 1.54) is 58.2 Å². The lowest BCUT2D eigenvalue weighted by atomic mass is 9.90. The molecule has 3 rings (SSSR count). The molecule has 2 fully saturated rings. The minimum atomic E-state index is 0.266. The second-order valence-corrected chi connectivity index (χ2v) is 7.49. The molecule has 0 aromatic carbocycles. The first-order valence-corrected chi connectivity index (χ1v) is 9.49. The normalized spacial score (nSPS) is 31.0. The molecule has 0 N–H and O–H groups in total. The number of rotatable bonds is 3. The van der Waals surface area contributed by atoms with Gasteiger partial charge in [-0.1, -0.05) is 25.0 Å². The predicted octanol–water partition coefficient (Wildman–Crippen LogP) is 3.46. The van der Waals surface area contributed by atoms with Gasteiger partial charge in [0.05, 0.1) is 0 Å². The Kier molecular flexibility index (Phi) is 5.94. The molecule has 2 heterocycles. The van der Waals surface area contributed by atoms with Crippen LogP contribution in [-0.4, -0.2) is 48.4 Å². The first kappa shape index (κ1) is 16.0. The number of hydrogen-bond acceptors (Lipinski definition) is 2. The summed E-state index contributed by atoms with van der Waals surface area (Å²) in [6, 6.07) is 0. The van der Waals surface area contributed by atoms with E-state index in [0.717, 1.165) is 32.4 Å². The molecule has 3 nitrogen and oxygen atoms in total. The summed E-state index contributed by atoms with van der Waals surface area (Å²) in [5.41, 5.74) is 0. The number of carbonyl (C=O) groups excluding carboxylic acids is 1. The van der Waals surface area contributed by atoms with E-state index in [1.54, 1.807) is 0 Å². The molecule has 1 aliphatic carbocycles. The van der Waals surface area contributed by atoms with E-state index in [4.69, 9.17) is 0 Å². The standard InChI is InChI=1S/C19H32N2O/c22-19(18-10-4-3-5-11-18)21-14-8-9-17(16-21)15-20-12-6-1-2-7-13-20/h3-4,17-18H,1-2,5-16H2/t17-,18+/m1/s1. The third kappa shape index (κ3) is 4.34. The van der Waals surface area contributed by atoms with Crippen LogP contribution in [0.25, 0.3) is 0 Å². The number of piperidine rings is 1. The second-order valence-electron chi connectivity index (χ2n) is 7.49.